The highest BCUT2D eigenvalue weighted by molar-refractivity contribution is 6.13. The molecular formula is C34H35NO2. The number of carbonyl (C=O) groups is 1. The molecular weight excluding hydrogens is 454 g/mol. The van der Waals surface area contributed by atoms with Crippen LogP contribution in [0, 0.1) is 13.8 Å². The van der Waals surface area contributed by atoms with Gasteiger partial charge >= 0.3 is 0 Å². The van der Waals surface area contributed by atoms with Gasteiger partial charge in [0.15, 0.2) is 0 Å². The Hall–Kier alpha value is -3.85. The zero-order valence-electron chi connectivity index (χ0n) is 22.8. The standard InChI is InChI=1S/C18H19NO.C16H16O/c1-11(2)15-10-16-14-7-5-6-8-17(14)19(13(4)20)18(16)9-12(15)3;1-10(2)13-9-14-12-6-4-5-7-15(12)17-16(14)8-11(13)3/h5-11H,1-4H3;4-10H,1-3H3. The van der Waals surface area contributed by atoms with Crippen LogP contribution in [0.25, 0.3) is 43.7 Å². The number of nitrogens with zero attached hydrogens (tertiary/aromatic N) is 1. The number of aromatic nitrogens is 1. The van der Waals surface area contributed by atoms with E-state index in [0.717, 1.165) is 27.6 Å². The van der Waals surface area contributed by atoms with Crippen molar-refractivity contribution in [2.45, 2.75) is 60.3 Å². The van der Waals surface area contributed by atoms with E-state index in [1.807, 2.05) is 34.9 Å². The highest BCUT2D eigenvalue weighted by atomic mass is 16.3. The van der Waals surface area contributed by atoms with Crippen molar-refractivity contribution in [1.29, 1.82) is 0 Å². The summed E-state index contributed by atoms with van der Waals surface area (Å²) in [5, 5.41) is 4.77. The molecule has 0 N–H and O–H groups in total. The number of hydrogen-bond donors (Lipinski definition) is 0. The van der Waals surface area contributed by atoms with E-state index >= 15 is 0 Å². The lowest BCUT2D eigenvalue weighted by Crippen LogP contribution is -2.05. The number of para-hydroxylation sites is 2. The molecule has 0 aliphatic heterocycles. The van der Waals surface area contributed by atoms with Crippen LogP contribution in [0.4, 0.5) is 0 Å². The Morgan fingerprint density at radius 1 is 0.649 bits per heavy atom. The number of aryl methyl sites for hydroxylation is 2. The molecule has 0 aliphatic carbocycles. The molecule has 2 aromatic heterocycles. The first-order valence-electron chi connectivity index (χ1n) is 13.1. The summed E-state index contributed by atoms with van der Waals surface area (Å²) < 4.78 is 7.69. The third kappa shape index (κ3) is 4.33. The molecule has 37 heavy (non-hydrogen) atoms. The molecule has 2 heterocycles. The molecule has 0 unspecified atom stereocenters. The smallest absolute Gasteiger partial charge is 0.228 e. The van der Waals surface area contributed by atoms with E-state index in [4.69, 9.17) is 4.42 Å². The number of furan rings is 1. The minimum atomic E-state index is 0.0629. The lowest BCUT2D eigenvalue weighted by Gasteiger charge is -2.10. The first-order valence-corrected chi connectivity index (χ1v) is 13.1. The number of carbonyl (C=O) groups excluding carboxylic acids is 1. The normalized spacial score (nSPS) is 11.7. The third-order valence-electron chi connectivity index (χ3n) is 7.38. The van der Waals surface area contributed by atoms with Crippen LogP contribution in [-0.4, -0.2) is 10.5 Å². The molecule has 6 aromatic rings. The second-order valence-electron chi connectivity index (χ2n) is 10.7. The predicted octanol–water partition coefficient (Wildman–Crippen LogP) is 9.90. The Morgan fingerprint density at radius 2 is 1.22 bits per heavy atom. The van der Waals surface area contributed by atoms with E-state index in [1.165, 1.54) is 38.4 Å². The molecule has 188 valence electrons. The SMILES string of the molecule is CC(=O)n1c2ccccc2c2cc(C(C)C)c(C)cc21.Cc1cc2oc3ccccc3c2cc1C(C)C. The van der Waals surface area contributed by atoms with Gasteiger partial charge in [-0.1, -0.05) is 64.1 Å². The topological polar surface area (TPSA) is 35.1 Å². The molecule has 0 saturated carbocycles. The van der Waals surface area contributed by atoms with Gasteiger partial charge in [0, 0.05) is 28.5 Å². The van der Waals surface area contributed by atoms with Crippen molar-refractivity contribution in [2.24, 2.45) is 0 Å². The van der Waals surface area contributed by atoms with Crippen LogP contribution in [0.3, 0.4) is 0 Å². The minimum absolute atomic E-state index is 0.0629. The Kier molecular flexibility index (Phi) is 6.41. The van der Waals surface area contributed by atoms with Crippen molar-refractivity contribution in [2.75, 3.05) is 0 Å². The quantitative estimate of drug-likeness (QED) is 0.242. The Morgan fingerprint density at radius 3 is 1.86 bits per heavy atom. The fourth-order valence-electron chi connectivity index (χ4n) is 5.61. The number of fused-ring (bicyclic) bond motifs is 6. The fraction of sp³-hybridized carbons (Fsp3) is 0.265. The van der Waals surface area contributed by atoms with Gasteiger partial charge in [-0.15, -0.1) is 0 Å². The van der Waals surface area contributed by atoms with Gasteiger partial charge in [-0.3, -0.25) is 9.36 Å². The number of hydrogen-bond acceptors (Lipinski definition) is 2. The maximum absolute atomic E-state index is 12.0. The lowest BCUT2D eigenvalue weighted by molar-refractivity contribution is 0.0946. The second-order valence-corrected chi connectivity index (χ2v) is 10.7. The first kappa shape index (κ1) is 24.8. The van der Waals surface area contributed by atoms with Crippen molar-refractivity contribution >= 4 is 49.7 Å². The van der Waals surface area contributed by atoms with E-state index in [2.05, 4.69) is 84.0 Å². The molecule has 0 bridgehead atoms. The Labute approximate surface area is 218 Å². The van der Waals surface area contributed by atoms with Crippen molar-refractivity contribution in [3.8, 4) is 0 Å². The van der Waals surface area contributed by atoms with Gasteiger partial charge in [0.2, 0.25) is 5.91 Å². The predicted molar refractivity (Wildman–Crippen MR) is 157 cm³/mol. The van der Waals surface area contributed by atoms with E-state index in [0.29, 0.717) is 11.8 Å². The summed E-state index contributed by atoms with van der Waals surface area (Å²) in [5.41, 5.74) is 9.30. The van der Waals surface area contributed by atoms with Crippen LogP contribution in [0.15, 0.2) is 77.2 Å². The van der Waals surface area contributed by atoms with Crippen LogP contribution in [0.2, 0.25) is 0 Å². The van der Waals surface area contributed by atoms with Crippen molar-refractivity contribution in [3.05, 3.63) is 95.1 Å². The lowest BCUT2D eigenvalue weighted by atomic mass is 9.96. The van der Waals surface area contributed by atoms with Gasteiger partial charge in [0.1, 0.15) is 11.2 Å². The molecule has 6 rings (SSSR count). The zero-order valence-corrected chi connectivity index (χ0v) is 22.8. The van der Waals surface area contributed by atoms with Crippen LogP contribution in [0.1, 0.15) is 73.5 Å². The average molecular weight is 490 g/mol. The first-order chi connectivity index (χ1) is 17.7. The summed E-state index contributed by atoms with van der Waals surface area (Å²) in [5.74, 6) is 1.10. The number of benzene rings is 4. The van der Waals surface area contributed by atoms with Crippen LogP contribution >= 0.6 is 0 Å². The van der Waals surface area contributed by atoms with E-state index < -0.39 is 0 Å². The summed E-state index contributed by atoms with van der Waals surface area (Å²) in [6.07, 6.45) is 0. The second kappa shape index (κ2) is 9.55. The molecule has 0 aliphatic rings. The third-order valence-corrected chi connectivity index (χ3v) is 7.38. The molecule has 0 fully saturated rings. The molecule has 0 radical (unpaired) electrons. The van der Waals surface area contributed by atoms with Gasteiger partial charge in [-0.25, -0.2) is 0 Å². The highest BCUT2D eigenvalue weighted by Gasteiger charge is 2.16. The fourth-order valence-corrected chi connectivity index (χ4v) is 5.61. The summed E-state index contributed by atoms with van der Waals surface area (Å²) in [6, 6.07) is 25.2. The van der Waals surface area contributed by atoms with Crippen LogP contribution in [-0.2, 0) is 0 Å². The van der Waals surface area contributed by atoms with Crippen LogP contribution in [0.5, 0.6) is 0 Å². The molecule has 3 heteroatoms. The van der Waals surface area contributed by atoms with Crippen molar-refractivity contribution in [3.63, 3.8) is 0 Å². The molecule has 0 spiro atoms. The van der Waals surface area contributed by atoms with E-state index in [9.17, 15) is 4.79 Å². The summed E-state index contributed by atoms with van der Waals surface area (Å²) in [7, 11) is 0. The van der Waals surface area contributed by atoms with Gasteiger partial charge in [-0.05, 0) is 84.3 Å². The summed E-state index contributed by atoms with van der Waals surface area (Å²) in [6.45, 7) is 14.8. The summed E-state index contributed by atoms with van der Waals surface area (Å²) >= 11 is 0. The molecule has 3 nitrogen and oxygen atoms in total. The van der Waals surface area contributed by atoms with Gasteiger partial charge in [0.05, 0.1) is 11.0 Å². The largest absolute Gasteiger partial charge is 0.456 e. The van der Waals surface area contributed by atoms with Crippen LogP contribution < -0.4 is 0 Å². The minimum Gasteiger partial charge on any atom is -0.456 e. The van der Waals surface area contributed by atoms with Crippen molar-refractivity contribution in [1.82, 2.24) is 4.57 Å². The Bertz CT molecular complexity index is 1780. The van der Waals surface area contributed by atoms with Gasteiger partial charge in [0.25, 0.3) is 0 Å². The van der Waals surface area contributed by atoms with Gasteiger partial charge < -0.3 is 4.42 Å². The van der Waals surface area contributed by atoms with E-state index in [-0.39, 0.29) is 5.91 Å². The molecule has 4 aromatic carbocycles. The monoisotopic (exact) mass is 489 g/mol. The zero-order chi connectivity index (χ0) is 26.4. The average Bonchev–Trinajstić information content (AvgIpc) is 3.37. The summed E-state index contributed by atoms with van der Waals surface area (Å²) in [4.78, 5) is 12.0. The Balaban J connectivity index is 0.000000153. The molecule has 0 amide bonds. The molecule has 0 saturated heterocycles. The van der Waals surface area contributed by atoms with Crippen molar-refractivity contribution < 1.29 is 9.21 Å². The maximum Gasteiger partial charge on any atom is 0.228 e. The van der Waals surface area contributed by atoms with E-state index in [1.54, 1.807) is 6.92 Å². The molecule has 0 atom stereocenters. The maximum atomic E-state index is 12.0. The highest BCUT2D eigenvalue weighted by Crippen LogP contribution is 2.34. The van der Waals surface area contributed by atoms with Gasteiger partial charge in [-0.2, -0.15) is 0 Å². The number of rotatable bonds is 2.